The molecule has 0 radical (unpaired) electrons. The molecular weight excluding hydrogens is 420 g/mol. The number of hydrogen-bond donors (Lipinski definition) is 2. The smallest absolute Gasteiger partial charge is 0.343 e. The molecule has 2 aromatic carbocycles. The van der Waals surface area contributed by atoms with Crippen molar-refractivity contribution in [1.29, 1.82) is 0 Å². The fraction of sp³-hybridized carbons (Fsp3) is 0.0833. The quantitative estimate of drug-likeness (QED) is 0.432. The summed E-state index contributed by atoms with van der Waals surface area (Å²) in [5, 5.41) is 13.1. The van der Waals surface area contributed by atoms with Gasteiger partial charge in [-0.3, -0.25) is 14.2 Å². The molecular formula is C24H22N6O3. The molecule has 0 bridgehead atoms. The molecule has 9 heteroatoms. The average Bonchev–Trinajstić information content (AvgIpc) is 3.42. The fourth-order valence-electron chi connectivity index (χ4n) is 3.32. The van der Waals surface area contributed by atoms with E-state index < -0.39 is 11.5 Å². The van der Waals surface area contributed by atoms with Crippen molar-refractivity contribution < 1.29 is 9.90 Å². The van der Waals surface area contributed by atoms with E-state index >= 15 is 0 Å². The minimum Gasteiger partial charge on any atom is -0.477 e. The van der Waals surface area contributed by atoms with Gasteiger partial charge in [0, 0.05) is 24.7 Å². The van der Waals surface area contributed by atoms with E-state index in [9.17, 15) is 9.59 Å². The monoisotopic (exact) mass is 442 g/mol. The molecule has 33 heavy (non-hydrogen) atoms. The molecule has 3 heterocycles. The third-order valence-corrected chi connectivity index (χ3v) is 4.88. The van der Waals surface area contributed by atoms with Gasteiger partial charge in [-0.2, -0.15) is 9.61 Å². The summed E-state index contributed by atoms with van der Waals surface area (Å²) in [7, 11) is 0. The molecule has 5 aromatic rings. The molecule has 166 valence electrons. The lowest BCUT2D eigenvalue weighted by Gasteiger charge is -2.07. The standard InChI is InChI=1S/C14H11N3O3.C10H11N3/c18-13-11(14(19)20)8-15-12-6-7-16(17(12)13)9-10-4-2-1-3-5-10;11-10-6-7-13(12-10)8-9-4-2-1-3-5-9/h1-8H,9H2,(H,19,20);1-7H,8H2,(H2,11,12). The molecule has 0 fully saturated rings. The van der Waals surface area contributed by atoms with Crippen LogP contribution >= 0.6 is 0 Å². The lowest BCUT2D eigenvalue weighted by Crippen LogP contribution is -2.27. The van der Waals surface area contributed by atoms with Crippen LogP contribution in [0.4, 0.5) is 5.82 Å². The highest BCUT2D eigenvalue weighted by Crippen LogP contribution is 2.06. The van der Waals surface area contributed by atoms with Crippen molar-refractivity contribution in [2.24, 2.45) is 0 Å². The van der Waals surface area contributed by atoms with Crippen molar-refractivity contribution in [2.45, 2.75) is 13.1 Å². The molecule has 0 spiro atoms. The number of nitrogen functional groups attached to an aromatic ring is 1. The fourth-order valence-corrected chi connectivity index (χ4v) is 3.32. The van der Waals surface area contributed by atoms with E-state index in [2.05, 4.69) is 22.2 Å². The van der Waals surface area contributed by atoms with Gasteiger partial charge in [0.15, 0.2) is 5.65 Å². The van der Waals surface area contributed by atoms with Crippen LogP contribution in [0, 0.1) is 0 Å². The number of benzene rings is 2. The molecule has 0 amide bonds. The highest BCUT2D eigenvalue weighted by atomic mass is 16.4. The Hall–Kier alpha value is -4.66. The van der Waals surface area contributed by atoms with Crippen LogP contribution in [0.2, 0.25) is 0 Å². The first kappa shape index (κ1) is 21.6. The number of nitrogens with two attached hydrogens (primary N) is 1. The Balaban J connectivity index is 0.000000172. The Morgan fingerprint density at radius 2 is 1.52 bits per heavy atom. The summed E-state index contributed by atoms with van der Waals surface area (Å²) < 4.78 is 4.74. The van der Waals surface area contributed by atoms with Crippen LogP contribution < -0.4 is 11.3 Å². The van der Waals surface area contributed by atoms with Gasteiger partial charge in [-0.05, 0) is 17.2 Å². The highest BCUT2D eigenvalue weighted by Gasteiger charge is 2.14. The number of fused-ring (bicyclic) bond motifs is 1. The lowest BCUT2D eigenvalue weighted by molar-refractivity contribution is 0.0694. The molecule has 0 aliphatic carbocycles. The normalized spacial score (nSPS) is 10.5. The summed E-state index contributed by atoms with van der Waals surface area (Å²) in [6.45, 7) is 1.24. The molecule has 0 aliphatic rings. The first-order valence-electron chi connectivity index (χ1n) is 10.2. The van der Waals surface area contributed by atoms with Crippen LogP contribution in [0.3, 0.4) is 0 Å². The van der Waals surface area contributed by atoms with Crippen LogP contribution in [0.5, 0.6) is 0 Å². The maximum absolute atomic E-state index is 12.2. The topological polar surface area (TPSA) is 120 Å². The Morgan fingerprint density at radius 1 is 0.879 bits per heavy atom. The lowest BCUT2D eigenvalue weighted by atomic mass is 10.2. The molecule has 3 N–H and O–H groups in total. The van der Waals surface area contributed by atoms with E-state index in [1.807, 2.05) is 59.4 Å². The first-order valence-corrected chi connectivity index (χ1v) is 10.2. The van der Waals surface area contributed by atoms with Crippen LogP contribution in [-0.2, 0) is 13.1 Å². The second-order valence-corrected chi connectivity index (χ2v) is 7.27. The number of carboxylic acids is 1. The van der Waals surface area contributed by atoms with Crippen LogP contribution in [0.25, 0.3) is 5.65 Å². The predicted octanol–water partition coefficient (Wildman–Crippen LogP) is 2.76. The van der Waals surface area contributed by atoms with E-state index in [0.717, 1.165) is 18.3 Å². The molecule has 5 rings (SSSR count). The third kappa shape index (κ3) is 5.16. The van der Waals surface area contributed by atoms with Gasteiger partial charge in [-0.25, -0.2) is 9.78 Å². The second-order valence-electron chi connectivity index (χ2n) is 7.27. The summed E-state index contributed by atoms with van der Waals surface area (Å²) in [6, 6.07) is 23.2. The van der Waals surface area contributed by atoms with Gasteiger partial charge in [-0.1, -0.05) is 60.7 Å². The van der Waals surface area contributed by atoms with Crippen LogP contribution in [0.15, 0.2) is 96.2 Å². The third-order valence-electron chi connectivity index (χ3n) is 4.88. The Labute approximate surface area is 189 Å². The van der Waals surface area contributed by atoms with E-state index in [1.165, 1.54) is 10.1 Å². The van der Waals surface area contributed by atoms with Crippen molar-refractivity contribution >= 4 is 17.4 Å². The number of carboxylic acid groups (broad SMARTS) is 1. The van der Waals surface area contributed by atoms with E-state index in [1.54, 1.807) is 23.0 Å². The molecule has 3 aromatic heterocycles. The van der Waals surface area contributed by atoms with Gasteiger partial charge in [-0.15, -0.1) is 0 Å². The number of carbonyl (C=O) groups is 1. The van der Waals surface area contributed by atoms with E-state index in [-0.39, 0.29) is 5.56 Å². The minimum atomic E-state index is -1.27. The van der Waals surface area contributed by atoms with Gasteiger partial charge in [0.05, 0.1) is 13.1 Å². The van der Waals surface area contributed by atoms with E-state index in [4.69, 9.17) is 10.8 Å². The average molecular weight is 442 g/mol. The van der Waals surface area contributed by atoms with Gasteiger partial charge in [0.1, 0.15) is 11.4 Å². The zero-order valence-corrected chi connectivity index (χ0v) is 17.7. The number of aromatic carboxylic acids is 1. The molecule has 0 atom stereocenters. The summed E-state index contributed by atoms with van der Waals surface area (Å²) in [4.78, 5) is 27.1. The van der Waals surface area contributed by atoms with Crippen molar-refractivity contribution in [3.05, 3.63) is 118 Å². The zero-order valence-electron chi connectivity index (χ0n) is 17.7. The number of anilines is 1. The SMILES string of the molecule is Nc1ccn(Cc2ccccc2)n1.O=C(O)c1cnc2ccn(Cc3ccccc3)n2c1=O. The van der Waals surface area contributed by atoms with Crippen molar-refractivity contribution in [1.82, 2.24) is 24.0 Å². The number of aromatic nitrogens is 5. The van der Waals surface area contributed by atoms with Gasteiger partial charge >= 0.3 is 5.97 Å². The predicted molar refractivity (Wildman–Crippen MR) is 124 cm³/mol. The summed E-state index contributed by atoms with van der Waals surface area (Å²) in [6.07, 6.45) is 4.68. The molecule has 0 saturated carbocycles. The summed E-state index contributed by atoms with van der Waals surface area (Å²) in [5.74, 6) is -0.708. The van der Waals surface area contributed by atoms with Crippen molar-refractivity contribution in [3.63, 3.8) is 0 Å². The number of rotatable bonds is 5. The number of nitrogens with zero attached hydrogens (tertiary/aromatic N) is 5. The Kier molecular flexibility index (Phi) is 6.31. The molecule has 9 nitrogen and oxygen atoms in total. The highest BCUT2D eigenvalue weighted by molar-refractivity contribution is 5.86. The van der Waals surface area contributed by atoms with Gasteiger partial charge < -0.3 is 10.8 Å². The largest absolute Gasteiger partial charge is 0.477 e. The van der Waals surface area contributed by atoms with Crippen molar-refractivity contribution in [2.75, 3.05) is 5.73 Å². The van der Waals surface area contributed by atoms with E-state index in [0.29, 0.717) is 18.0 Å². The first-order chi connectivity index (χ1) is 16.0. The summed E-state index contributed by atoms with van der Waals surface area (Å²) >= 11 is 0. The van der Waals surface area contributed by atoms with Gasteiger partial charge in [0.2, 0.25) is 0 Å². The minimum absolute atomic E-state index is 0.337. The van der Waals surface area contributed by atoms with Crippen LogP contribution in [0.1, 0.15) is 21.5 Å². The second kappa shape index (κ2) is 9.65. The summed E-state index contributed by atoms with van der Waals surface area (Å²) in [5.41, 5.74) is 7.25. The maximum atomic E-state index is 12.2. The van der Waals surface area contributed by atoms with Gasteiger partial charge in [0.25, 0.3) is 5.56 Å². The Bertz CT molecular complexity index is 1420. The molecule has 0 aliphatic heterocycles. The molecule has 0 unspecified atom stereocenters. The van der Waals surface area contributed by atoms with Crippen molar-refractivity contribution in [3.8, 4) is 0 Å². The van der Waals surface area contributed by atoms with Crippen LogP contribution in [-0.4, -0.2) is 35.0 Å². The maximum Gasteiger partial charge on any atom is 0.343 e. The molecule has 0 saturated heterocycles. The Morgan fingerprint density at radius 3 is 2.09 bits per heavy atom. The number of hydrogen-bond acceptors (Lipinski definition) is 5. The zero-order chi connectivity index (χ0) is 23.2.